The van der Waals surface area contributed by atoms with Crippen molar-refractivity contribution < 1.29 is 19.2 Å². The van der Waals surface area contributed by atoms with Gasteiger partial charge in [0.1, 0.15) is 0 Å². The summed E-state index contributed by atoms with van der Waals surface area (Å²) in [5.74, 6) is 0.672. The lowest BCUT2D eigenvalue weighted by molar-refractivity contribution is -0.384. The molecule has 2 N–H and O–H groups in total. The highest BCUT2D eigenvalue weighted by atomic mass is 16.6. The van der Waals surface area contributed by atoms with Crippen LogP contribution < -0.4 is 30.8 Å². The number of amides is 1. The van der Waals surface area contributed by atoms with Crippen LogP contribution in [-0.4, -0.2) is 25.1 Å². The number of non-ortho nitro benzene ring substituents is 1. The number of nitrogens with zero attached hydrogens (tertiary/aromatic N) is 1. The molecular weight excluding hydrogens is 326 g/mol. The van der Waals surface area contributed by atoms with E-state index in [0.29, 0.717) is 33.2 Å². The average molecular weight is 341 g/mol. The number of nitrogens with one attached hydrogen (secondary N) is 2. The number of fused-ring (bicyclic) bond motifs is 1. The molecule has 1 amide bonds. The van der Waals surface area contributed by atoms with E-state index in [9.17, 15) is 14.9 Å². The zero-order valence-corrected chi connectivity index (χ0v) is 13.5. The Morgan fingerprint density at radius 1 is 1.00 bits per heavy atom. The van der Waals surface area contributed by atoms with Crippen molar-refractivity contribution in [3.05, 3.63) is 62.5 Å². The maximum Gasteiger partial charge on any atom is 0.269 e. The van der Waals surface area contributed by atoms with Crippen molar-refractivity contribution in [1.82, 2.24) is 10.9 Å². The molecule has 8 nitrogen and oxygen atoms in total. The van der Waals surface area contributed by atoms with Gasteiger partial charge in [0.2, 0.25) is 0 Å². The first-order valence-electron chi connectivity index (χ1n) is 7.32. The molecule has 0 saturated heterocycles. The van der Waals surface area contributed by atoms with Crippen molar-refractivity contribution in [3.63, 3.8) is 0 Å². The topological polar surface area (TPSA) is 103 Å². The van der Waals surface area contributed by atoms with Gasteiger partial charge in [0.25, 0.3) is 11.6 Å². The third kappa shape index (κ3) is 3.09. The number of rotatable bonds is 4. The molecule has 0 aliphatic carbocycles. The molecular formula is C17H15N3O5. The standard InChI is InChI=1S/C17H15N3O5/c1-24-14-7-11-8-16(21)18-19-17(13(11)9-15(14)25-2)10-3-5-12(6-4-10)20(22)23/h3-9,19H,1-2H3,(H,18,21). The molecule has 0 unspecified atom stereocenters. The summed E-state index contributed by atoms with van der Waals surface area (Å²) >= 11 is 0. The Morgan fingerprint density at radius 2 is 1.64 bits per heavy atom. The van der Waals surface area contributed by atoms with Crippen LogP contribution in [0.1, 0.15) is 5.56 Å². The summed E-state index contributed by atoms with van der Waals surface area (Å²) in [7, 11) is 3.03. The van der Waals surface area contributed by atoms with Crippen molar-refractivity contribution in [2.45, 2.75) is 0 Å². The van der Waals surface area contributed by atoms with Crippen molar-refractivity contribution in [2.24, 2.45) is 0 Å². The number of benzene rings is 2. The van der Waals surface area contributed by atoms with Gasteiger partial charge >= 0.3 is 0 Å². The molecule has 128 valence electrons. The fraction of sp³-hybridized carbons (Fsp3) is 0.118. The quantitative estimate of drug-likeness (QED) is 0.608. The second-order valence-electron chi connectivity index (χ2n) is 5.23. The molecule has 0 atom stereocenters. The fourth-order valence-electron chi connectivity index (χ4n) is 2.58. The maximum atomic E-state index is 11.9. The molecule has 0 saturated carbocycles. The van der Waals surface area contributed by atoms with Crippen LogP contribution in [0.3, 0.4) is 0 Å². The van der Waals surface area contributed by atoms with E-state index in [2.05, 4.69) is 10.9 Å². The smallest absolute Gasteiger partial charge is 0.269 e. The number of carbonyl (C=O) groups is 1. The van der Waals surface area contributed by atoms with E-state index in [1.54, 1.807) is 24.3 Å². The number of hydrogen-bond donors (Lipinski definition) is 2. The van der Waals surface area contributed by atoms with E-state index in [4.69, 9.17) is 9.47 Å². The van der Waals surface area contributed by atoms with Crippen LogP contribution in [0.5, 0.6) is 11.5 Å². The Hall–Kier alpha value is -3.55. The number of hydrazine groups is 1. The van der Waals surface area contributed by atoms with Gasteiger partial charge in [-0.05, 0) is 29.5 Å². The minimum absolute atomic E-state index is 0.0129. The Balaban J connectivity index is 2.29. The zero-order valence-electron chi connectivity index (χ0n) is 13.5. The molecule has 0 radical (unpaired) electrons. The number of methoxy groups -OCH3 is 2. The minimum atomic E-state index is -0.466. The van der Waals surface area contributed by atoms with Gasteiger partial charge in [-0.15, -0.1) is 0 Å². The normalized spacial score (nSPS) is 12.9. The number of ether oxygens (including phenoxy) is 2. The van der Waals surface area contributed by atoms with E-state index in [1.165, 1.54) is 32.4 Å². The summed E-state index contributed by atoms with van der Waals surface area (Å²) in [5, 5.41) is 12.2. The number of nitro groups is 1. The largest absolute Gasteiger partial charge is 0.493 e. The third-order valence-electron chi connectivity index (χ3n) is 3.79. The lowest BCUT2D eigenvalue weighted by Crippen LogP contribution is -2.36. The predicted molar refractivity (Wildman–Crippen MR) is 90.1 cm³/mol. The Bertz CT molecular complexity index is 967. The highest BCUT2D eigenvalue weighted by molar-refractivity contribution is 6.04. The van der Waals surface area contributed by atoms with Gasteiger partial charge in [-0.3, -0.25) is 25.8 Å². The van der Waals surface area contributed by atoms with Crippen molar-refractivity contribution in [1.29, 1.82) is 0 Å². The van der Waals surface area contributed by atoms with Crippen molar-refractivity contribution >= 4 is 23.4 Å². The second-order valence-corrected chi connectivity index (χ2v) is 5.23. The number of nitro benzene ring substituents is 1. The minimum Gasteiger partial charge on any atom is -0.493 e. The highest BCUT2D eigenvalue weighted by Crippen LogP contribution is 2.23. The molecule has 0 spiro atoms. The van der Waals surface area contributed by atoms with Gasteiger partial charge < -0.3 is 9.47 Å². The fourth-order valence-corrected chi connectivity index (χ4v) is 2.58. The maximum absolute atomic E-state index is 11.9. The van der Waals surface area contributed by atoms with E-state index in [0.717, 1.165) is 0 Å². The van der Waals surface area contributed by atoms with Gasteiger partial charge in [0.15, 0.2) is 11.5 Å². The van der Waals surface area contributed by atoms with E-state index in [-0.39, 0.29) is 11.6 Å². The van der Waals surface area contributed by atoms with Gasteiger partial charge in [-0.1, -0.05) is 0 Å². The van der Waals surface area contributed by atoms with Gasteiger partial charge in [-0.25, -0.2) is 0 Å². The van der Waals surface area contributed by atoms with Crippen LogP contribution in [0.15, 0.2) is 36.4 Å². The summed E-state index contributed by atoms with van der Waals surface area (Å²) in [6, 6.07) is 9.47. The first kappa shape index (κ1) is 16.3. The van der Waals surface area contributed by atoms with E-state index in [1.807, 2.05) is 0 Å². The summed E-state index contributed by atoms with van der Waals surface area (Å²) in [6.45, 7) is 0. The summed E-state index contributed by atoms with van der Waals surface area (Å²) < 4.78 is 10.6. The zero-order chi connectivity index (χ0) is 18.0. The lowest BCUT2D eigenvalue weighted by atomic mass is 10.1. The van der Waals surface area contributed by atoms with Gasteiger partial charge in [-0.2, -0.15) is 0 Å². The SMILES string of the molecule is COc1cc2c(cc1OC)=C(c1ccc([N+](=O)[O-])cc1)NNC(=O)C=2. The Morgan fingerprint density at radius 3 is 2.24 bits per heavy atom. The van der Waals surface area contributed by atoms with Crippen LogP contribution in [-0.2, 0) is 4.79 Å². The molecule has 1 aliphatic rings. The molecule has 0 aromatic heterocycles. The van der Waals surface area contributed by atoms with Crippen LogP contribution in [0.4, 0.5) is 5.69 Å². The summed E-state index contributed by atoms with van der Waals surface area (Å²) in [4.78, 5) is 22.3. The molecule has 0 fully saturated rings. The molecule has 25 heavy (non-hydrogen) atoms. The first-order valence-corrected chi connectivity index (χ1v) is 7.32. The Kier molecular flexibility index (Phi) is 4.25. The molecule has 1 aliphatic heterocycles. The molecule has 8 heteroatoms. The summed E-state index contributed by atoms with van der Waals surface area (Å²) in [6.07, 6.45) is 1.43. The lowest BCUT2D eigenvalue weighted by Gasteiger charge is -2.12. The highest BCUT2D eigenvalue weighted by Gasteiger charge is 2.14. The number of carbonyl (C=O) groups excluding carboxylic acids is 1. The Labute approximate surface area is 142 Å². The van der Waals surface area contributed by atoms with E-state index < -0.39 is 4.92 Å². The van der Waals surface area contributed by atoms with Crippen LogP contribution in [0, 0.1) is 10.1 Å². The van der Waals surface area contributed by atoms with Crippen LogP contribution in [0.2, 0.25) is 0 Å². The first-order chi connectivity index (χ1) is 12.0. The number of hydrogen-bond acceptors (Lipinski definition) is 6. The molecule has 3 rings (SSSR count). The van der Waals surface area contributed by atoms with Crippen molar-refractivity contribution in [2.75, 3.05) is 14.2 Å². The van der Waals surface area contributed by atoms with Crippen molar-refractivity contribution in [3.8, 4) is 11.5 Å². The van der Waals surface area contributed by atoms with Gasteiger partial charge in [0, 0.05) is 29.0 Å². The monoisotopic (exact) mass is 341 g/mol. The van der Waals surface area contributed by atoms with E-state index >= 15 is 0 Å². The predicted octanol–water partition coefficient (Wildman–Crippen LogP) is 0.183. The van der Waals surface area contributed by atoms with Gasteiger partial charge in [0.05, 0.1) is 24.8 Å². The molecule has 2 aromatic rings. The molecule has 1 heterocycles. The third-order valence-corrected chi connectivity index (χ3v) is 3.79. The van der Waals surface area contributed by atoms with Crippen LogP contribution in [0.25, 0.3) is 11.8 Å². The molecule has 0 bridgehead atoms. The molecule has 2 aromatic carbocycles. The van der Waals surface area contributed by atoms with Crippen LogP contribution >= 0.6 is 0 Å². The average Bonchev–Trinajstić information content (AvgIpc) is 2.78. The second kappa shape index (κ2) is 6.52. The summed E-state index contributed by atoms with van der Waals surface area (Å²) in [5.41, 5.74) is 6.67.